The van der Waals surface area contributed by atoms with Crippen LogP contribution in [0.2, 0.25) is 5.02 Å². The van der Waals surface area contributed by atoms with Crippen LogP contribution in [0.3, 0.4) is 0 Å². The van der Waals surface area contributed by atoms with Gasteiger partial charge in [0.2, 0.25) is 5.89 Å². The van der Waals surface area contributed by atoms with Crippen molar-refractivity contribution in [1.82, 2.24) is 4.98 Å². The molecule has 0 aliphatic heterocycles. The third-order valence-corrected chi connectivity index (χ3v) is 3.51. The van der Waals surface area contributed by atoms with E-state index < -0.39 is 12.6 Å². The Kier molecular flexibility index (Phi) is 5.19. The lowest BCUT2D eigenvalue weighted by Gasteiger charge is -2.02. The molecule has 0 atom stereocenters. The van der Waals surface area contributed by atoms with Gasteiger partial charge in [0, 0.05) is 10.6 Å². The van der Waals surface area contributed by atoms with E-state index in [-0.39, 0.29) is 17.5 Å². The summed E-state index contributed by atoms with van der Waals surface area (Å²) in [4.78, 5) is 18.8. The van der Waals surface area contributed by atoms with E-state index in [1.54, 1.807) is 48.5 Å². The maximum Gasteiger partial charge on any atom is 0.341 e. The van der Waals surface area contributed by atoms with Gasteiger partial charge in [-0.1, -0.05) is 11.6 Å². The van der Waals surface area contributed by atoms with Crippen LogP contribution in [0.15, 0.2) is 57.9 Å². The molecule has 0 aliphatic carbocycles. The largest absolute Gasteiger partial charge is 0.482 e. The fraction of sp³-hybridized carbons (Fsp3) is 0.0556. The topological polar surface area (TPSA) is 105 Å². The van der Waals surface area contributed by atoms with Crippen LogP contribution < -0.4 is 4.74 Å². The van der Waals surface area contributed by atoms with Crippen molar-refractivity contribution in [3.8, 4) is 23.1 Å². The van der Waals surface area contributed by atoms with Gasteiger partial charge in [0.1, 0.15) is 5.75 Å². The number of oxazole rings is 1. The number of aromatic nitrogens is 1. The summed E-state index contributed by atoms with van der Waals surface area (Å²) in [6, 6.07) is 13.3. The Bertz CT molecular complexity index is 933. The van der Waals surface area contributed by atoms with Gasteiger partial charge in [-0.2, -0.15) is 0 Å². The van der Waals surface area contributed by atoms with Crippen molar-refractivity contribution in [1.29, 1.82) is 0 Å². The second-order valence-electron chi connectivity index (χ2n) is 5.15. The summed E-state index contributed by atoms with van der Waals surface area (Å²) in [7, 11) is 0. The fourth-order valence-electron chi connectivity index (χ4n) is 2.03. The molecule has 26 heavy (non-hydrogen) atoms. The van der Waals surface area contributed by atoms with Crippen LogP contribution in [0.5, 0.6) is 11.7 Å². The van der Waals surface area contributed by atoms with Crippen molar-refractivity contribution in [3.63, 3.8) is 0 Å². The number of hydrogen-bond donors (Lipinski definition) is 2. The number of benzene rings is 2. The zero-order valence-electron chi connectivity index (χ0n) is 13.3. The first-order valence-electron chi connectivity index (χ1n) is 7.46. The normalized spacial score (nSPS) is 11.0. The highest BCUT2D eigenvalue weighted by molar-refractivity contribution is 6.30. The lowest BCUT2D eigenvalue weighted by Crippen LogP contribution is -2.09. The molecule has 0 saturated heterocycles. The molecule has 0 radical (unpaired) electrons. The Hall–Kier alpha value is -3.32. The van der Waals surface area contributed by atoms with Crippen LogP contribution in [0.4, 0.5) is 5.69 Å². The van der Waals surface area contributed by atoms with E-state index in [9.17, 15) is 9.90 Å². The van der Waals surface area contributed by atoms with Crippen LogP contribution in [-0.2, 0) is 4.79 Å². The summed E-state index contributed by atoms with van der Waals surface area (Å²) in [5, 5.41) is 19.0. The van der Waals surface area contributed by atoms with Crippen molar-refractivity contribution < 1.29 is 24.2 Å². The number of ether oxygens (including phenoxy) is 1. The van der Waals surface area contributed by atoms with Crippen LogP contribution in [-0.4, -0.2) is 34.0 Å². The first kappa shape index (κ1) is 17.5. The molecule has 2 N–H and O–H groups in total. The number of hydrogen-bond acceptors (Lipinski definition) is 6. The number of aliphatic imine (C=N–C) groups is 1. The smallest absolute Gasteiger partial charge is 0.341 e. The molecule has 3 aromatic rings. The Balaban J connectivity index is 1.72. The molecule has 7 nitrogen and oxygen atoms in total. The number of carbonyl (C=O) groups is 1. The van der Waals surface area contributed by atoms with Crippen molar-refractivity contribution in [2.75, 3.05) is 6.61 Å². The second-order valence-corrected chi connectivity index (χ2v) is 5.59. The number of rotatable bonds is 6. The monoisotopic (exact) mass is 372 g/mol. The summed E-state index contributed by atoms with van der Waals surface area (Å²) < 4.78 is 10.3. The van der Waals surface area contributed by atoms with Gasteiger partial charge >= 0.3 is 11.9 Å². The average Bonchev–Trinajstić information content (AvgIpc) is 3.00. The first-order chi connectivity index (χ1) is 12.5. The lowest BCUT2D eigenvalue weighted by molar-refractivity contribution is -0.139. The summed E-state index contributed by atoms with van der Waals surface area (Å²) in [5.74, 6) is -0.732. The number of aliphatic carboxylic acids is 1. The van der Waals surface area contributed by atoms with Crippen molar-refractivity contribution in [2.45, 2.75) is 0 Å². The molecule has 0 amide bonds. The Morgan fingerprint density at radius 1 is 1.19 bits per heavy atom. The highest BCUT2D eigenvalue weighted by Crippen LogP contribution is 2.27. The second kappa shape index (κ2) is 7.71. The fourth-order valence-corrected chi connectivity index (χ4v) is 2.16. The predicted molar refractivity (Wildman–Crippen MR) is 95.4 cm³/mol. The first-order valence-corrected chi connectivity index (χ1v) is 7.83. The van der Waals surface area contributed by atoms with Gasteiger partial charge in [-0.15, -0.1) is 0 Å². The number of carboxylic acid groups (broad SMARTS) is 1. The summed E-state index contributed by atoms with van der Waals surface area (Å²) in [5.41, 5.74) is 1.42. The Morgan fingerprint density at radius 2 is 1.88 bits per heavy atom. The van der Waals surface area contributed by atoms with Crippen molar-refractivity contribution in [2.24, 2.45) is 4.99 Å². The van der Waals surface area contributed by atoms with Gasteiger partial charge in [0.15, 0.2) is 12.3 Å². The average molecular weight is 373 g/mol. The van der Waals surface area contributed by atoms with E-state index in [2.05, 4.69) is 9.98 Å². The van der Waals surface area contributed by atoms with E-state index in [1.165, 1.54) is 6.21 Å². The van der Waals surface area contributed by atoms with Gasteiger partial charge in [0.05, 0.1) is 11.9 Å². The van der Waals surface area contributed by atoms with Gasteiger partial charge < -0.3 is 19.4 Å². The third-order valence-electron chi connectivity index (χ3n) is 3.26. The standard InChI is InChI=1S/C18H13ClN2O5/c19-12-3-1-11(2-4-12)17-21-15(18(24)26-17)9-20-13-5-7-14(8-6-13)25-10-16(22)23/h1-9,24H,10H2,(H,22,23). The molecule has 0 bridgehead atoms. The molecule has 8 heteroatoms. The third kappa shape index (κ3) is 4.40. The van der Waals surface area contributed by atoms with E-state index in [0.717, 1.165) is 0 Å². The van der Waals surface area contributed by atoms with E-state index in [1.807, 2.05) is 0 Å². The molecule has 1 heterocycles. The number of aromatic hydroxyl groups is 1. The molecule has 0 spiro atoms. The molecular formula is C18H13ClN2O5. The van der Waals surface area contributed by atoms with Crippen LogP contribution in [0.25, 0.3) is 11.5 Å². The van der Waals surface area contributed by atoms with Gasteiger partial charge in [-0.05, 0) is 48.5 Å². The molecule has 0 saturated carbocycles. The maximum absolute atomic E-state index is 10.5. The highest BCUT2D eigenvalue weighted by Gasteiger charge is 2.12. The van der Waals surface area contributed by atoms with Gasteiger partial charge in [0.25, 0.3) is 0 Å². The predicted octanol–water partition coefficient (Wildman–Crippen LogP) is 3.91. The summed E-state index contributed by atoms with van der Waals surface area (Å²) in [6.07, 6.45) is 1.37. The molecule has 132 valence electrons. The molecular weight excluding hydrogens is 360 g/mol. The number of nitrogens with zero attached hydrogens (tertiary/aromatic N) is 2. The quantitative estimate of drug-likeness (QED) is 0.635. The van der Waals surface area contributed by atoms with E-state index in [0.29, 0.717) is 22.0 Å². The Morgan fingerprint density at radius 3 is 2.54 bits per heavy atom. The zero-order chi connectivity index (χ0) is 18.5. The molecule has 1 aromatic heterocycles. The van der Waals surface area contributed by atoms with Crippen molar-refractivity contribution in [3.05, 3.63) is 59.2 Å². The minimum atomic E-state index is -1.05. The maximum atomic E-state index is 10.5. The summed E-state index contributed by atoms with van der Waals surface area (Å²) >= 11 is 5.84. The molecule has 0 aliphatic rings. The molecule has 0 unspecified atom stereocenters. The summed E-state index contributed by atoms with van der Waals surface area (Å²) in [6.45, 7) is -0.414. The van der Waals surface area contributed by atoms with Crippen LogP contribution in [0.1, 0.15) is 5.69 Å². The Labute approximate surface area is 153 Å². The SMILES string of the molecule is O=C(O)COc1ccc(N=Cc2nc(-c3ccc(Cl)cc3)oc2O)cc1. The van der Waals surface area contributed by atoms with Crippen LogP contribution in [0, 0.1) is 0 Å². The minimum absolute atomic E-state index is 0.182. The van der Waals surface area contributed by atoms with Crippen molar-refractivity contribution >= 4 is 29.5 Å². The molecule has 3 rings (SSSR count). The van der Waals surface area contributed by atoms with E-state index >= 15 is 0 Å². The minimum Gasteiger partial charge on any atom is -0.482 e. The lowest BCUT2D eigenvalue weighted by atomic mass is 10.2. The van der Waals surface area contributed by atoms with E-state index in [4.69, 9.17) is 25.9 Å². The van der Waals surface area contributed by atoms with Crippen LogP contribution >= 0.6 is 11.6 Å². The highest BCUT2D eigenvalue weighted by atomic mass is 35.5. The number of halogens is 1. The molecule has 0 fully saturated rings. The van der Waals surface area contributed by atoms with Gasteiger partial charge in [-0.3, -0.25) is 4.99 Å². The van der Waals surface area contributed by atoms with Gasteiger partial charge in [-0.25, -0.2) is 9.78 Å². The zero-order valence-corrected chi connectivity index (χ0v) is 14.1. The number of carboxylic acids is 1. The molecule has 2 aromatic carbocycles.